The summed E-state index contributed by atoms with van der Waals surface area (Å²) in [7, 11) is 0. The Morgan fingerprint density at radius 2 is 1.59 bits per heavy atom. The molecule has 1 aliphatic rings. The molecule has 0 saturated carbocycles. The van der Waals surface area contributed by atoms with Crippen molar-refractivity contribution in [3.8, 4) is 5.69 Å². The number of fused-ring (bicyclic) bond motifs is 1. The van der Waals surface area contributed by atoms with E-state index in [-0.39, 0.29) is 11.8 Å². The molecule has 1 fully saturated rings. The molecule has 0 atom stereocenters. The van der Waals surface area contributed by atoms with Crippen LogP contribution in [0.5, 0.6) is 0 Å². The largest absolute Gasteiger partial charge is 0.352 e. The zero-order valence-electron chi connectivity index (χ0n) is 18.9. The van der Waals surface area contributed by atoms with E-state index in [9.17, 15) is 4.79 Å². The molecular formula is C25H24Cl2N6O. The molecule has 34 heavy (non-hydrogen) atoms. The van der Waals surface area contributed by atoms with E-state index >= 15 is 0 Å². The normalized spacial score (nSPS) is 14.3. The van der Waals surface area contributed by atoms with Gasteiger partial charge in [-0.25, -0.2) is 14.6 Å². The van der Waals surface area contributed by atoms with E-state index in [0.717, 1.165) is 28.4 Å². The van der Waals surface area contributed by atoms with Crippen molar-refractivity contribution in [2.24, 2.45) is 0 Å². The van der Waals surface area contributed by atoms with Crippen LogP contribution in [0, 0.1) is 0 Å². The second-order valence-corrected chi connectivity index (χ2v) is 9.38. The highest BCUT2D eigenvalue weighted by Crippen LogP contribution is 2.30. The fraction of sp³-hybridized carbons (Fsp3) is 0.280. The smallest absolute Gasteiger partial charge is 0.255 e. The standard InChI is InChI=1S/C25H24Cl2N6O/c1-16(2)22-29-23(18-15-28-33(24(18)30-22)21-10-6-5-9-20(21)27)31-11-13-32(14-12-31)25(34)17-7-3-4-8-19(17)26/h3-10,15-16H,11-14H2,1-2H3. The summed E-state index contributed by atoms with van der Waals surface area (Å²) >= 11 is 12.7. The van der Waals surface area contributed by atoms with Crippen LogP contribution in [-0.4, -0.2) is 56.7 Å². The van der Waals surface area contributed by atoms with Gasteiger partial charge >= 0.3 is 0 Å². The molecule has 3 heterocycles. The lowest BCUT2D eigenvalue weighted by molar-refractivity contribution is 0.0747. The number of rotatable bonds is 4. The number of aromatic nitrogens is 4. The molecule has 9 heteroatoms. The fourth-order valence-electron chi connectivity index (χ4n) is 4.13. The van der Waals surface area contributed by atoms with Gasteiger partial charge in [0.2, 0.25) is 0 Å². The number of benzene rings is 2. The highest BCUT2D eigenvalue weighted by molar-refractivity contribution is 6.33. The van der Waals surface area contributed by atoms with Gasteiger partial charge in [-0.05, 0) is 24.3 Å². The minimum absolute atomic E-state index is 0.0486. The van der Waals surface area contributed by atoms with E-state index in [1.165, 1.54) is 0 Å². The van der Waals surface area contributed by atoms with Crippen molar-refractivity contribution in [1.29, 1.82) is 0 Å². The maximum Gasteiger partial charge on any atom is 0.255 e. The predicted octanol–water partition coefficient (Wildman–Crippen LogP) is 5.21. The predicted molar refractivity (Wildman–Crippen MR) is 135 cm³/mol. The molecule has 2 aromatic carbocycles. The number of carbonyl (C=O) groups excluding carboxylic acids is 1. The summed E-state index contributed by atoms with van der Waals surface area (Å²) < 4.78 is 1.77. The van der Waals surface area contributed by atoms with Gasteiger partial charge < -0.3 is 9.80 Å². The van der Waals surface area contributed by atoms with Crippen LogP contribution in [0.4, 0.5) is 5.82 Å². The Kier molecular flexibility index (Phi) is 6.15. The van der Waals surface area contributed by atoms with Crippen LogP contribution in [0.25, 0.3) is 16.7 Å². The topological polar surface area (TPSA) is 67.2 Å². The molecule has 0 N–H and O–H groups in total. The van der Waals surface area contributed by atoms with Crippen molar-refractivity contribution in [3.05, 3.63) is 76.2 Å². The summed E-state index contributed by atoms with van der Waals surface area (Å²) in [6, 6.07) is 14.7. The molecule has 174 valence electrons. The Morgan fingerprint density at radius 1 is 0.912 bits per heavy atom. The van der Waals surface area contributed by atoms with Crippen LogP contribution in [-0.2, 0) is 0 Å². The number of piperazine rings is 1. The van der Waals surface area contributed by atoms with E-state index in [2.05, 4.69) is 23.8 Å². The highest BCUT2D eigenvalue weighted by atomic mass is 35.5. The van der Waals surface area contributed by atoms with Gasteiger partial charge in [-0.3, -0.25) is 4.79 Å². The molecule has 5 rings (SSSR count). The monoisotopic (exact) mass is 494 g/mol. The number of anilines is 1. The first kappa shape index (κ1) is 22.6. The van der Waals surface area contributed by atoms with Gasteiger partial charge in [0.1, 0.15) is 11.6 Å². The van der Waals surface area contributed by atoms with E-state index in [0.29, 0.717) is 41.8 Å². The molecule has 0 unspecified atom stereocenters. The molecule has 2 aromatic heterocycles. The highest BCUT2D eigenvalue weighted by Gasteiger charge is 2.27. The first-order valence-electron chi connectivity index (χ1n) is 11.2. The van der Waals surface area contributed by atoms with Crippen LogP contribution in [0.3, 0.4) is 0 Å². The first-order valence-corrected chi connectivity index (χ1v) is 12.0. The maximum absolute atomic E-state index is 13.0. The SMILES string of the molecule is CC(C)c1nc(N2CCN(C(=O)c3ccccc3Cl)CC2)c2cnn(-c3ccccc3Cl)c2n1. The summed E-state index contributed by atoms with van der Waals surface area (Å²) in [5.74, 6) is 1.66. The summed E-state index contributed by atoms with van der Waals surface area (Å²) in [5.41, 5.74) is 2.02. The number of hydrogen-bond acceptors (Lipinski definition) is 5. The zero-order chi connectivity index (χ0) is 23.8. The van der Waals surface area contributed by atoms with E-state index in [1.54, 1.807) is 23.0 Å². The van der Waals surface area contributed by atoms with Crippen molar-refractivity contribution >= 4 is 46.0 Å². The van der Waals surface area contributed by atoms with Crippen LogP contribution in [0.1, 0.15) is 35.9 Å². The number of carbonyl (C=O) groups is 1. The average molecular weight is 495 g/mol. The lowest BCUT2D eigenvalue weighted by Crippen LogP contribution is -2.49. The first-order chi connectivity index (χ1) is 16.4. The van der Waals surface area contributed by atoms with Crippen LogP contribution >= 0.6 is 23.2 Å². The van der Waals surface area contributed by atoms with Gasteiger partial charge in [-0.15, -0.1) is 0 Å². The van der Waals surface area contributed by atoms with Crippen LogP contribution in [0.15, 0.2) is 54.7 Å². The van der Waals surface area contributed by atoms with Gasteiger partial charge in [-0.2, -0.15) is 5.10 Å². The number of para-hydroxylation sites is 1. The van der Waals surface area contributed by atoms with Crippen molar-refractivity contribution in [1.82, 2.24) is 24.6 Å². The number of amides is 1. The molecule has 1 saturated heterocycles. The summed E-state index contributed by atoms with van der Waals surface area (Å²) in [5, 5.41) is 6.53. The second kappa shape index (κ2) is 9.24. The third-order valence-electron chi connectivity index (χ3n) is 5.99. The van der Waals surface area contributed by atoms with Gasteiger partial charge in [-0.1, -0.05) is 61.3 Å². The van der Waals surface area contributed by atoms with Gasteiger partial charge in [0.05, 0.1) is 32.9 Å². The molecular weight excluding hydrogens is 471 g/mol. The lowest BCUT2D eigenvalue weighted by atomic mass is 10.1. The summed E-state index contributed by atoms with van der Waals surface area (Å²) in [6.07, 6.45) is 1.79. The summed E-state index contributed by atoms with van der Waals surface area (Å²) in [4.78, 5) is 26.7. The molecule has 4 aromatic rings. The third-order valence-corrected chi connectivity index (χ3v) is 6.64. The minimum atomic E-state index is -0.0486. The molecule has 0 radical (unpaired) electrons. The van der Waals surface area contributed by atoms with Gasteiger partial charge in [0.15, 0.2) is 5.65 Å². The quantitative estimate of drug-likeness (QED) is 0.389. The van der Waals surface area contributed by atoms with Gasteiger partial charge in [0, 0.05) is 32.1 Å². The third kappa shape index (κ3) is 4.10. The van der Waals surface area contributed by atoms with Crippen molar-refractivity contribution in [2.45, 2.75) is 19.8 Å². The van der Waals surface area contributed by atoms with E-state index in [1.807, 2.05) is 41.3 Å². The molecule has 1 aliphatic heterocycles. The minimum Gasteiger partial charge on any atom is -0.352 e. The Morgan fingerprint density at radius 3 is 2.26 bits per heavy atom. The van der Waals surface area contributed by atoms with Crippen molar-refractivity contribution < 1.29 is 4.79 Å². The van der Waals surface area contributed by atoms with E-state index < -0.39 is 0 Å². The Hall–Kier alpha value is -3.16. The van der Waals surface area contributed by atoms with Crippen LogP contribution in [0.2, 0.25) is 10.0 Å². The lowest BCUT2D eigenvalue weighted by Gasteiger charge is -2.36. The Bertz CT molecular complexity index is 1360. The van der Waals surface area contributed by atoms with Crippen molar-refractivity contribution in [2.75, 3.05) is 31.1 Å². The fourth-order valence-corrected chi connectivity index (χ4v) is 4.57. The Labute approximate surface area is 207 Å². The van der Waals surface area contributed by atoms with Crippen LogP contribution < -0.4 is 4.90 Å². The van der Waals surface area contributed by atoms with Gasteiger partial charge in [0.25, 0.3) is 5.91 Å². The molecule has 0 spiro atoms. The zero-order valence-corrected chi connectivity index (χ0v) is 20.5. The van der Waals surface area contributed by atoms with E-state index in [4.69, 9.17) is 33.2 Å². The average Bonchev–Trinajstić information content (AvgIpc) is 3.27. The second-order valence-electron chi connectivity index (χ2n) is 8.56. The molecule has 7 nitrogen and oxygen atoms in total. The Balaban J connectivity index is 1.47. The number of nitrogens with zero attached hydrogens (tertiary/aromatic N) is 6. The number of hydrogen-bond donors (Lipinski definition) is 0. The van der Waals surface area contributed by atoms with Crippen molar-refractivity contribution in [3.63, 3.8) is 0 Å². The molecule has 0 aliphatic carbocycles. The molecule has 0 bridgehead atoms. The molecule has 1 amide bonds. The maximum atomic E-state index is 13.0. The summed E-state index contributed by atoms with van der Waals surface area (Å²) in [6.45, 7) is 6.59. The number of halogens is 2.